The first-order valence-corrected chi connectivity index (χ1v) is 53.8. The molecular formula is C80H64N8O8S20. The van der Waals surface area contributed by atoms with E-state index in [1.54, 1.807) is 230 Å². The van der Waals surface area contributed by atoms with Gasteiger partial charge in [-0.15, -0.1) is 230 Å². The van der Waals surface area contributed by atoms with Gasteiger partial charge in [-0.3, -0.25) is 0 Å². The number of fused-ring (bicyclic) bond motifs is 4. The number of hydrogen-bond donors (Lipinski definition) is 0. The third-order valence-corrected chi connectivity index (χ3v) is 38.8. The van der Waals surface area contributed by atoms with Crippen LogP contribution in [0.4, 0.5) is 0 Å². The number of hydrogen-bond acceptors (Lipinski definition) is 36. The molecule has 4 aliphatic rings. The minimum absolute atomic E-state index is 0.534. The largest absolute Gasteiger partial charge is 0.485 e. The normalized spacial score (nSPS) is 12.5. The van der Waals surface area contributed by atoms with E-state index in [9.17, 15) is 0 Å². The molecule has 0 fully saturated rings. The fraction of sp³-hybridized carbons (Fsp3) is 0.300. The zero-order valence-corrected chi connectivity index (χ0v) is 77.5. The standard InChI is InChI=1S/4C20H16N2O2S5/c4*21-5-1-9-25-13-3-11-27-17(13)19-15-16(24-8-7-23-15)20(29-19)18-14(4-12-28-18)26-10-2-6-22/h4*3-4,11-12H,1-2,7-10H2. The van der Waals surface area contributed by atoms with Crippen LogP contribution in [0.15, 0.2) is 131 Å². The highest BCUT2D eigenvalue weighted by Gasteiger charge is 2.35. The van der Waals surface area contributed by atoms with Crippen LogP contribution in [-0.2, 0) is 0 Å². The Labute approximate surface area is 754 Å². The lowest BCUT2D eigenvalue weighted by molar-refractivity contribution is 0.175. The van der Waals surface area contributed by atoms with Crippen molar-refractivity contribution < 1.29 is 37.9 Å². The van der Waals surface area contributed by atoms with Crippen molar-refractivity contribution in [1.29, 1.82) is 42.1 Å². The van der Waals surface area contributed by atoms with Crippen LogP contribution in [0.2, 0.25) is 0 Å². The number of ether oxygens (including phenoxy) is 8. The van der Waals surface area contributed by atoms with E-state index < -0.39 is 0 Å². The van der Waals surface area contributed by atoms with Gasteiger partial charge in [-0.05, 0) is 91.6 Å². The van der Waals surface area contributed by atoms with Crippen molar-refractivity contribution >= 4 is 230 Å². The van der Waals surface area contributed by atoms with Gasteiger partial charge in [0.1, 0.15) is 52.9 Å². The van der Waals surface area contributed by atoms with Crippen LogP contribution in [0, 0.1) is 90.6 Å². The van der Waals surface area contributed by atoms with E-state index in [0.29, 0.717) is 104 Å². The number of nitriles is 8. The van der Waals surface area contributed by atoms with Crippen LogP contribution in [0.5, 0.6) is 46.0 Å². The molecule has 592 valence electrons. The molecule has 16 nitrogen and oxygen atoms in total. The summed E-state index contributed by atoms with van der Waals surface area (Å²) in [5.41, 5.74) is 0. The average Bonchev–Trinajstić information content (AvgIpc) is 1.63. The third-order valence-electron chi connectivity index (χ3n) is 16.0. The van der Waals surface area contributed by atoms with Crippen molar-refractivity contribution in [1.82, 2.24) is 0 Å². The van der Waals surface area contributed by atoms with E-state index in [4.69, 9.17) is 80.0 Å². The van der Waals surface area contributed by atoms with Crippen molar-refractivity contribution in [3.05, 3.63) is 91.6 Å². The molecule has 0 saturated heterocycles. The lowest BCUT2D eigenvalue weighted by atomic mass is 10.3. The predicted octanol–water partition coefficient (Wildman–Crippen LogP) is 28.0. The van der Waals surface area contributed by atoms with Crippen molar-refractivity contribution in [2.24, 2.45) is 0 Å². The molecule has 36 heteroatoms. The van der Waals surface area contributed by atoms with Gasteiger partial charge < -0.3 is 37.9 Å². The molecule has 16 heterocycles. The maximum absolute atomic E-state index is 8.84. The Balaban J connectivity index is 0.000000135. The maximum atomic E-state index is 8.84. The Morgan fingerprint density at radius 1 is 0.198 bits per heavy atom. The maximum Gasteiger partial charge on any atom is 0.181 e. The minimum atomic E-state index is 0.534. The summed E-state index contributed by atoms with van der Waals surface area (Å²) in [6.45, 7) is 4.39. The highest BCUT2D eigenvalue weighted by Crippen LogP contribution is 2.63. The zero-order valence-electron chi connectivity index (χ0n) is 61.2. The lowest BCUT2D eigenvalue weighted by Crippen LogP contribution is -2.14. The van der Waals surface area contributed by atoms with Crippen LogP contribution in [0.1, 0.15) is 51.4 Å². The quantitative estimate of drug-likeness (QED) is 0.0280. The highest BCUT2D eigenvalue weighted by molar-refractivity contribution is 8.01. The van der Waals surface area contributed by atoms with Gasteiger partial charge in [0.15, 0.2) is 46.0 Å². The van der Waals surface area contributed by atoms with Crippen LogP contribution in [0.3, 0.4) is 0 Å². The molecule has 0 aromatic carbocycles. The summed E-state index contributed by atoms with van der Waals surface area (Å²) >= 11 is 34.1. The second-order valence-corrected chi connectivity index (χ2v) is 43.9. The molecular weight excluding hydrogens is 1840 g/mol. The fourth-order valence-corrected chi connectivity index (χ4v) is 33.9. The topological polar surface area (TPSA) is 264 Å². The summed E-state index contributed by atoms with van der Waals surface area (Å²) in [5.74, 6) is 12.9. The highest BCUT2D eigenvalue weighted by atomic mass is 32.2. The lowest BCUT2D eigenvalue weighted by Gasteiger charge is -2.17. The number of thiophene rings is 12. The molecule has 0 aliphatic carbocycles. The number of nitrogens with zero attached hydrogens (tertiary/aromatic N) is 8. The molecule has 0 atom stereocenters. The summed E-state index contributed by atoms with van der Waals surface area (Å²) in [6.07, 6.45) is 4.27. The van der Waals surface area contributed by atoms with Crippen LogP contribution < -0.4 is 37.9 Å². The molecule has 116 heavy (non-hydrogen) atoms. The molecule has 0 bridgehead atoms. The summed E-state index contributed by atoms with van der Waals surface area (Å²) in [4.78, 5) is 27.8. The van der Waals surface area contributed by atoms with Crippen LogP contribution >= 0.6 is 230 Å². The smallest absolute Gasteiger partial charge is 0.181 e. The van der Waals surface area contributed by atoms with Crippen LogP contribution in [0.25, 0.3) is 78.0 Å². The van der Waals surface area contributed by atoms with Gasteiger partial charge in [-0.1, -0.05) is 0 Å². The molecule has 0 N–H and O–H groups in total. The van der Waals surface area contributed by atoms with E-state index in [1.165, 1.54) is 78.2 Å². The number of rotatable bonds is 32. The third kappa shape index (κ3) is 21.6. The first-order chi connectivity index (χ1) is 57.3. The van der Waals surface area contributed by atoms with Gasteiger partial charge >= 0.3 is 0 Å². The van der Waals surface area contributed by atoms with E-state index in [2.05, 4.69) is 140 Å². The molecule has 12 aromatic rings. The Bertz CT molecular complexity index is 4630. The minimum Gasteiger partial charge on any atom is -0.485 e. The fourth-order valence-electron chi connectivity index (χ4n) is 11.3. The molecule has 0 radical (unpaired) electrons. The van der Waals surface area contributed by atoms with Gasteiger partial charge in [0.2, 0.25) is 0 Å². The molecule has 0 saturated carbocycles. The summed E-state index contributed by atoms with van der Waals surface area (Å²) in [5, 5.41) is 87.4. The van der Waals surface area contributed by atoms with E-state index in [-0.39, 0.29) is 0 Å². The molecule has 0 unspecified atom stereocenters. The average molecular weight is 1910 g/mol. The summed E-state index contributed by atoms with van der Waals surface area (Å²) in [7, 11) is 0. The Morgan fingerprint density at radius 3 is 0.431 bits per heavy atom. The summed E-state index contributed by atoms with van der Waals surface area (Å²) < 4.78 is 48.5. The van der Waals surface area contributed by atoms with Gasteiger partial charge in [-0.25, -0.2) is 0 Å². The number of thioether (sulfide) groups is 8. The van der Waals surface area contributed by atoms with Crippen molar-refractivity contribution in [2.45, 2.75) is 90.5 Å². The Morgan fingerprint density at radius 2 is 0.319 bits per heavy atom. The molecule has 0 amide bonds. The predicted molar refractivity (Wildman–Crippen MR) is 495 cm³/mol. The van der Waals surface area contributed by atoms with Gasteiger partial charge in [0, 0.05) is 137 Å². The van der Waals surface area contributed by atoms with Crippen molar-refractivity contribution in [3.63, 3.8) is 0 Å². The van der Waals surface area contributed by atoms with Gasteiger partial charge in [0.25, 0.3) is 0 Å². The monoisotopic (exact) mass is 1900 g/mol. The molecule has 4 aliphatic heterocycles. The first kappa shape index (κ1) is 87.3. The summed E-state index contributed by atoms with van der Waals surface area (Å²) in [6, 6.07) is 34.6. The Kier molecular flexibility index (Phi) is 34.5. The SMILES string of the molecule is N#CCCSc1ccsc1-c1sc(-c2sccc2SCCC#N)c2c1OCCO2.N#CCCSc1ccsc1-c1sc(-c2sccc2SCCC#N)c2c1OCCO2.N#CCCSc1ccsc1-c1sc(-c2sccc2SCCC#N)c2c1OCCO2.N#CCCSc1ccsc1-c1sc(-c2sccc2SCCC#N)c2c1OCCO2. The van der Waals surface area contributed by atoms with Crippen molar-refractivity contribution in [3.8, 4) is 173 Å². The molecule has 12 aromatic heterocycles. The van der Waals surface area contributed by atoms with E-state index in [0.717, 1.165) is 131 Å². The van der Waals surface area contributed by atoms with Gasteiger partial charge in [-0.2, -0.15) is 42.1 Å². The van der Waals surface area contributed by atoms with E-state index >= 15 is 0 Å². The zero-order chi connectivity index (χ0) is 80.2. The first-order valence-electron chi connectivity index (χ1n) is 35.6. The molecule has 0 spiro atoms. The molecule has 16 rings (SSSR count). The van der Waals surface area contributed by atoms with Crippen molar-refractivity contribution in [2.75, 3.05) is 98.9 Å². The second-order valence-electron chi connectivity index (χ2n) is 23.4. The van der Waals surface area contributed by atoms with E-state index in [1.807, 2.05) is 0 Å². The van der Waals surface area contributed by atoms with Crippen LogP contribution in [-0.4, -0.2) is 98.9 Å². The second kappa shape index (κ2) is 45.8. The Hall–Kier alpha value is -6.48. The van der Waals surface area contributed by atoms with Gasteiger partial charge in [0.05, 0.1) is 127 Å².